The number of aromatic nitrogens is 6. The second-order valence-corrected chi connectivity index (χ2v) is 8.25. The number of hydrogen-bond donors (Lipinski definition) is 1. The van der Waals surface area contributed by atoms with Crippen LogP contribution in [0.3, 0.4) is 0 Å². The van der Waals surface area contributed by atoms with E-state index in [9.17, 15) is 10.1 Å². The van der Waals surface area contributed by atoms with Crippen molar-refractivity contribution >= 4 is 28.0 Å². The predicted octanol–water partition coefficient (Wildman–Crippen LogP) is 4.35. The lowest BCUT2D eigenvalue weighted by Crippen LogP contribution is -2.01. The van der Waals surface area contributed by atoms with Gasteiger partial charge in [-0.15, -0.1) is 10.2 Å². The van der Waals surface area contributed by atoms with Crippen LogP contribution in [-0.4, -0.2) is 34.7 Å². The van der Waals surface area contributed by atoms with E-state index in [1.807, 2.05) is 59.4 Å². The number of anilines is 2. The van der Waals surface area contributed by atoms with Crippen molar-refractivity contribution in [3.63, 3.8) is 0 Å². The van der Waals surface area contributed by atoms with E-state index >= 15 is 0 Å². The Morgan fingerprint density at radius 1 is 0.939 bits per heavy atom. The fourth-order valence-electron chi connectivity index (χ4n) is 3.26. The van der Waals surface area contributed by atoms with Crippen molar-refractivity contribution in [2.75, 3.05) is 5.32 Å². The van der Waals surface area contributed by atoms with Crippen molar-refractivity contribution in [3.8, 4) is 10.6 Å². The fourth-order valence-corrected chi connectivity index (χ4v) is 4.02. The van der Waals surface area contributed by atoms with Gasteiger partial charge < -0.3 is 5.32 Å². The first-order chi connectivity index (χ1) is 16.1. The Hall–Kier alpha value is -4.38. The number of nitrogens with one attached hydrogen (secondary N) is 1. The molecule has 1 N–H and O–H groups in total. The van der Waals surface area contributed by atoms with Gasteiger partial charge in [0.15, 0.2) is 5.82 Å². The third kappa shape index (κ3) is 4.93. The summed E-state index contributed by atoms with van der Waals surface area (Å²) in [5, 5.41) is 32.5. The van der Waals surface area contributed by atoms with Gasteiger partial charge in [-0.2, -0.15) is 10.2 Å². The molecular formula is C22H18N8O2S. The molecule has 0 radical (unpaired) electrons. The minimum atomic E-state index is -0.457. The van der Waals surface area contributed by atoms with Gasteiger partial charge in [-0.25, -0.2) is 0 Å². The molecule has 33 heavy (non-hydrogen) atoms. The molecule has 0 atom stereocenters. The van der Waals surface area contributed by atoms with Gasteiger partial charge in [0.05, 0.1) is 18.0 Å². The van der Waals surface area contributed by atoms with E-state index in [0.717, 1.165) is 16.1 Å². The van der Waals surface area contributed by atoms with E-state index < -0.39 is 4.92 Å². The molecule has 0 saturated heterocycles. The lowest BCUT2D eigenvalue weighted by Gasteiger charge is -2.02. The third-order valence-corrected chi connectivity index (χ3v) is 5.75. The molecule has 0 aliphatic heterocycles. The van der Waals surface area contributed by atoms with E-state index in [1.165, 1.54) is 34.0 Å². The molecule has 0 amide bonds. The first-order valence-corrected chi connectivity index (χ1v) is 10.9. The SMILES string of the molecule is O=[N+]([O-])c1cnn(Cc2ccc(-c3nnc(Nc4ccn(Cc5ccccc5)n4)s3)cc2)c1. The van der Waals surface area contributed by atoms with Crippen LogP contribution in [0.15, 0.2) is 79.3 Å². The highest BCUT2D eigenvalue weighted by Crippen LogP contribution is 2.28. The summed E-state index contributed by atoms with van der Waals surface area (Å²) in [5.74, 6) is 0.706. The highest BCUT2D eigenvalue weighted by atomic mass is 32.1. The van der Waals surface area contributed by atoms with Crippen molar-refractivity contribution < 1.29 is 4.92 Å². The summed E-state index contributed by atoms with van der Waals surface area (Å²) in [6.45, 7) is 1.14. The van der Waals surface area contributed by atoms with Gasteiger partial charge in [-0.05, 0) is 11.1 Å². The average Bonchev–Trinajstić information content (AvgIpc) is 3.57. The Kier molecular flexibility index (Phi) is 5.60. The standard InChI is InChI=1S/C22H18N8O2S/c31-30(32)19-12-23-29(15-19)14-17-6-8-18(9-7-17)21-25-26-22(33-21)24-20-10-11-28(27-20)13-16-4-2-1-3-5-16/h1-12,15H,13-14H2,(H,24,26,27). The summed E-state index contributed by atoms with van der Waals surface area (Å²) in [6.07, 6.45) is 4.58. The van der Waals surface area contributed by atoms with Crippen molar-refractivity contribution in [2.24, 2.45) is 0 Å². The molecule has 3 heterocycles. The number of benzene rings is 2. The molecule has 0 bridgehead atoms. The zero-order valence-corrected chi connectivity index (χ0v) is 18.1. The van der Waals surface area contributed by atoms with Gasteiger partial charge in [0, 0.05) is 17.8 Å². The van der Waals surface area contributed by atoms with E-state index in [0.29, 0.717) is 24.0 Å². The van der Waals surface area contributed by atoms with Crippen molar-refractivity contribution in [1.29, 1.82) is 0 Å². The first kappa shape index (κ1) is 20.5. The van der Waals surface area contributed by atoms with Crippen molar-refractivity contribution in [3.05, 3.63) is 100 Å². The molecule has 0 saturated carbocycles. The topological polar surface area (TPSA) is 117 Å². The zero-order valence-electron chi connectivity index (χ0n) is 17.3. The largest absolute Gasteiger partial charge is 0.313 e. The lowest BCUT2D eigenvalue weighted by atomic mass is 10.1. The summed E-state index contributed by atoms with van der Waals surface area (Å²) in [6, 6.07) is 19.8. The second kappa shape index (κ2) is 9.01. The Balaban J connectivity index is 1.22. The molecule has 0 unspecified atom stereocenters. The maximum atomic E-state index is 10.8. The van der Waals surface area contributed by atoms with Crippen LogP contribution in [0.2, 0.25) is 0 Å². The van der Waals surface area contributed by atoms with Crippen LogP contribution >= 0.6 is 11.3 Å². The van der Waals surface area contributed by atoms with Gasteiger partial charge in [0.1, 0.15) is 17.4 Å². The van der Waals surface area contributed by atoms with Gasteiger partial charge in [-0.3, -0.25) is 19.5 Å². The summed E-state index contributed by atoms with van der Waals surface area (Å²) in [7, 11) is 0. The molecule has 10 nitrogen and oxygen atoms in total. The minimum absolute atomic E-state index is 0.0228. The normalized spacial score (nSPS) is 10.9. The summed E-state index contributed by atoms with van der Waals surface area (Å²) in [5.41, 5.74) is 3.07. The van der Waals surface area contributed by atoms with Gasteiger partial charge in [0.25, 0.3) is 0 Å². The van der Waals surface area contributed by atoms with E-state index in [4.69, 9.17) is 0 Å². The number of nitro groups is 1. The van der Waals surface area contributed by atoms with Crippen LogP contribution in [0, 0.1) is 10.1 Å². The molecule has 0 spiro atoms. The van der Waals surface area contributed by atoms with Crippen molar-refractivity contribution in [1.82, 2.24) is 29.8 Å². The fraction of sp³-hybridized carbons (Fsp3) is 0.0909. The molecule has 0 aliphatic carbocycles. The zero-order chi connectivity index (χ0) is 22.6. The second-order valence-electron chi connectivity index (χ2n) is 7.27. The first-order valence-electron chi connectivity index (χ1n) is 10.1. The average molecular weight is 459 g/mol. The van der Waals surface area contributed by atoms with Crippen LogP contribution in [-0.2, 0) is 13.1 Å². The third-order valence-electron chi connectivity index (χ3n) is 4.86. The van der Waals surface area contributed by atoms with Gasteiger partial charge in [0.2, 0.25) is 5.13 Å². The van der Waals surface area contributed by atoms with E-state index in [-0.39, 0.29) is 5.69 Å². The Morgan fingerprint density at radius 2 is 1.70 bits per heavy atom. The Bertz CT molecular complexity index is 1370. The molecule has 0 aliphatic rings. The molecule has 0 fully saturated rings. The van der Waals surface area contributed by atoms with E-state index in [1.54, 1.807) is 0 Å². The number of rotatable bonds is 8. The number of hydrogen-bond acceptors (Lipinski definition) is 8. The number of nitrogens with zero attached hydrogens (tertiary/aromatic N) is 7. The summed E-state index contributed by atoms with van der Waals surface area (Å²) >= 11 is 1.44. The van der Waals surface area contributed by atoms with Crippen molar-refractivity contribution in [2.45, 2.75) is 13.1 Å². The highest BCUT2D eigenvalue weighted by molar-refractivity contribution is 7.18. The van der Waals surface area contributed by atoms with Crippen LogP contribution in [0.5, 0.6) is 0 Å². The molecule has 5 rings (SSSR count). The molecule has 2 aromatic carbocycles. The van der Waals surface area contributed by atoms with Gasteiger partial charge in [-0.1, -0.05) is 65.9 Å². The predicted molar refractivity (Wildman–Crippen MR) is 124 cm³/mol. The molecule has 11 heteroatoms. The summed E-state index contributed by atoms with van der Waals surface area (Å²) < 4.78 is 3.41. The quantitative estimate of drug-likeness (QED) is 0.271. The maximum Gasteiger partial charge on any atom is 0.307 e. The Morgan fingerprint density at radius 3 is 2.45 bits per heavy atom. The molecule has 164 valence electrons. The monoisotopic (exact) mass is 458 g/mol. The summed E-state index contributed by atoms with van der Waals surface area (Å²) in [4.78, 5) is 10.3. The maximum absolute atomic E-state index is 10.8. The van der Waals surface area contributed by atoms with Crippen LogP contribution < -0.4 is 5.32 Å². The van der Waals surface area contributed by atoms with Crippen LogP contribution in [0.25, 0.3) is 10.6 Å². The Labute approximate surface area is 192 Å². The molecular weight excluding hydrogens is 440 g/mol. The van der Waals surface area contributed by atoms with E-state index in [2.05, 4.69) is 37.8 Å². The van der Waals surface area contributed by atoms with Crippen LogP contribution in [0.1, 0.15) is 11.1 Å². The van der Waals surface area contributed by atoms with Gasteiger partial charge >= 0.3 is 5.69 Å². The lowest BCUT2D eigenvalue weighted by molar-refractivity contribution is -0.385. The molecule has 3 aromatic heterocycles. The minimum Gasteiger partial charge on any atom is -0.313 e. The van der Waals surface area contributed by atoms with Crippen LogP contribution in [0.4, 0.5) is 16.6 Å². The molecule has 5 aromatic rings. The smallest absolute Gasteiger partial charge is 0.307 e. The highest BCUT2D eigenvalue weighted by Gasteiger charge is 2.11.